The van der Waals surface area contributed by atoms with Gasteiger partial charge in [0.2, 0.25) is 0 Å². The Hall–Kier alpha value is -1.79. The molecular weight excluding hydrogens is 238 g/mol. The first-order valence-electron chi connectivity index (χ1n) is 5.49. The monoisotopic (exact) mass is 252 g/mol. The molecule has 0 fully saturated rings. The van der Waals surface area contributed by atoms with Crippen molar-refractivity contribution in [2.24, 2.45) is 12.9 Å². The first-order chi connectivity index (χ1) is 8.60. The molecule has 2 aromatic rings. The summed E-state index contributed by atoms with van der Waals surface area (Å²) in [5.74, 6) is 4.29. The molecule has 6 heteroatoms. The van der Waals surface area contributed by atoms with Gasteiger partial charge < -0.3 is 0 Å². The summed E-state index contributed by atoms with van der Waals surface area (Å²) >= 11 is 0. The fraction of sp³-hybridized carbons (Fsp3) is 0.250. The van der Waals surface area contributed by atoms with Crippen LogP contribution in [0.1, 0.15) is 17.3 Å². The zero-order valence-corrected chi connectivity index (χ0v) is 9.90. The van der Waals surface area contributed by atoms with E-state index in [1.807, 2.05) is 0 Å². The molecule has 0 saturated carbocycles. The van der Waals surface area contributed by atoms with E-state index in [-0.39, 0.29) is 6.04 Å². The minimum atomic E-state index is -0.592. The van der Waals surface area contributed by atoms with E-state index in [9.17, 15) is 8.78 Å². The van der Waals surface area contributed by atoms with Crippen molar-refractivity contribution in [2.75, 3.05) is 0 Å². The van der Waals surface area contributed by atoms with Gasteiger partial charge in [0.25, 0.3) is 0 Å². The average Bonchev–Trinajstić information content (AvgIpc) is 2.71. The van der Waals surface area contributed by atoms with Gasteiger partial charge in [0, 0.05) is 19.3 Å². The van der Waals surface area contributed by atoms with E-state index >= 15 is 0 Å². The van der Waals surface area contributed by atoms with E-state index in [0.717, 1.165) is 11.8 Å². The van der Waals surface area contributed by atoms with Gasteiger partial charge in [-0.25, -0.2) is 8.78 Å². The number of nitrogens with one attached hydrogen (secondary N) is 1. The van der Waals surface area contributed by atoms with Gasteiger partial charge in [0.05, 0.1) is 11.7 Å². The number of benzene rings is 1. The minimum Gasteiger partial charge on any atom is -0.271 e. The van der Waals surface area contributed by atoms with Crippen LogP contribution in [-0.4, -0.2) is 9.78 Å². The molecule has 1 aromatic carbocycles. The van der Waals surface area contributed by atoms with Gasteiger partial charge in [-0.05, 0) is 30.2 Å². The van der Waals surface area contributed by atoms with Crippen molar-refractivity contribution >= 4 is 0 Å². The number of hydrogen-bond donors (Lipinski definition) is 2. The molecule has 0 saturated heterocycles. The van der Waals surface area contributed by atoms with Crippen LogP contribution in [-0.2, 0) is 13.5 Å². The average molecular weight is 252 g/mol. The zero-order chi connectivity index (χ0) is 13.1. The molecule has 0 aliphatic carbocycles. The van der Waals surface area contributed by atoms with Crippen molar-refractivity contribution in [3.05, 3.63) is 53.4 Å². The van der Waals surface area contributed by atoms with E-state index in [4.69, 9.17) is 5.84 Å². The fourth-order valence-electron chi connectivity index (χ4n) is 1.94. The third kappa shape index (κ3) is 2.72. The van der Waals surface area contributed by atoms with E-state index in [1.54, 1.807) is 24.0 Å². The number of hydrogen-bond acceptors (Lipinski definition) is 3. The van der Waals surface area contributed by atoms with E-state index < -0.39 is 11.6 Å². The van der Waals surface area contributed by atoms with Crippen LogP contribution in [0.3, 0.4) is 0 Å². The second kappa shape index (κ2) is 5.24. The minimum absolute atomic E-state index is 0.251. The Labute approximate surface area is 103 Å². The van der Waals surface area contributed by atoms with Crippen LogP contribution in [0.2, 0.25) is 0 Å². The van der Waals surface area contributed by atoms with Gasteiger partial charge in [-0.2, -0.15) is 5.10 Å². The van der Waals surface area contributed by atoms with Crippen molar-refractivity contribution in [3.63, 3.8) is 0 Å². The number of rotatable bonds is 4. The predicted molar refractivity (Wildman–Crippen MR) is 63.3 cm³/mol. The van der Waals surface area contributed by atoms with Crippen LogP contribution in [0.5, 0.6) is 0 Å². The Morgan fingerprint density at radius 3 is 2.50 bits per heavy atom. The van der Waals surface area contributed by atoms with Gasteiger partial charge in [-0.15, -0.1) is 0 Å². The predicted octanol–water partition coefficient (Wildman–Crippen LogP) is 1.45. The number of aromatic nitrogens is 2. The lowest BCUT2D eigenvalue weighted by Gasteiger charge is -2.16. The maximum absolute atomic E-state index is 13.1. The topological polar surface area (TPSA) is 55.9 Å². The van der Waals surface area contributed by atoms with Crippen LogP contribution in [0.4, 0.5) is 8.78 Å². The van der Waals surface area contributed by atoms with Crippen LogP contribution in [0.15, 0.2) is 30.5 Å². The Balaban J connectivity index is 2.23. The molecule has 4 nitrogen and oxygen atoms in total. The molecule has 0 spiro atoms. The van der Waals surface area contributed by atoms with Crippen LogP contribution >= 0.6 is 0 Å². The molecule has 18 heavy (non-hydrogen) atoms. The largest absolute Gasteiger partial charge is 0.271 e. The molecule has 96 valence electrons. The maximum Gasteiger partial charge on any atom is 0.126 e. The second-order valence-corrected chi connectivity index (χ2v) is 4.08. The van der Waals surface area contributed by atoms with Gasteiger partial charge in [-0.3, -0.25) is 16.0 Å². The fourth-order valence-corrected chi connectivity index (χ4v) is 1.94. The summed E-state index contributed by atoms with van der Waals surface area (Å²) in [4.78, 5) is 0. The lowest BCUT2D eigenvalue weighted by molar-refractivity contribution is 0.504. The summed E-state index contributed by atoms with van der Waals surface area (Å²) in [6.45, 7) is 0. The first kappa shape index (κ1) is 12.7. The summed E-state index contributed by atoms with van der Waals surface area (Å²) in [5.41, 5.74) is 4.01. The summed E-state index contributed by atoms with van der Waals surface area (Å²) in [5, 5.41) is 4.04. The van der Waals surface area contributed by atoms with Gasteiger partial charge in [0.1, 0.15) is 11.6 Å². The molecule has 0 aliphatic heterocycles. The first-order valence-corrected chi connectivity index (χ1v) is 5.49. The molecule has 0 bridgehead atoms. The third-order valence-electron chi connectivity index (χ3n) is 2.78. The smallest absolute Gasteiger partial charge is 0.126 e. The summed E-state index contributed by atoms with van der Waals surface area (Å²) in [6, 6.07) is 4.99. The van der Waals surface area contributed by atoms with Crippen LogP contribution in [0, 0.1) is 11.6 Å². The van der Waals surface area contributed by atoms with Crippen molar-refractivity contribution in [3.8, 4) is 0 Å². The Kier molecular flexibility index (Phi) is 3.69. The van der Waals surface area contributed by atoms with Crippen molar-refractivity contribution in [1.82, 2.24) is 15.2 Å². The molecule has 1 aromatic heterocycles. The Morgan fingerprint density at radius 2 is 2.00 bits per heavy atom. The molecule has 1 unspecified atom stereocenters. The SMILES string of the molecule is Cn1nccc1C(Cc1cc(F)cc(F)c1)NN. The molecule has 0 radical (unpaired) electrons. The number of nitrogens with zero attached hydrogens (tertiary/aromatic N) is 2. The lowest BCUT2D eigenvalue weighted by atomic mass is 10.0. The Morgan fingerprint density at radius 1 is 1.33 bits per heavy atom. The molecule has 1 heterocycles. The summed E-state index contributed by atoms with van der Waals surface area (Å²) < 4.78 is 27.9. The normalized spacial score (nSPS) is 12.7. The number of hydrazine groups is 1. The highest BCUT2D eigenvalue weighted by atomic mass is 19.1. The van der Waals surface area contributed by atoms with E-state index in [2.05, 4.69) is 10.5 Å². The number of nitrogens with two attached hydrogens (primary N) is 1. The lowest BCUT2D eigenvalue weighted by Crippen LogP contribution is -2.31. The van der Waals surface area contributed by atoms with E-state index in [0.29, 0.717) is 12.0 Å². The zero-order valence-electron chi connectivity index (χ0n) is 9.90. The van der Waals surface area contributed by atoms with E-state index in [1.165, 1.54) is 12.1 Å². The molecule has 0 aliphatic rings. The van der Waals surface area contributed by atoms with Crippen molar-refractivity contribution in [1.29, 1.82) is 0 Å². The third-order valence-corrected chi connectivity index (χ3v) is 2.78. The second-order valence-electron chi connectivity index (χ2n) is 4.08. The maximum atomic E-state index is 13.1. The standard InChI is InChI=1S/C12H14F2N4/c1-18-12(2-3-16-18)11(17-15)6-8-4-9(13)7-10(14)5-8/h2-5,7,11,17H,6,15H2,1H3. The number of aryl methyl sites for hydroxylation is 1. The van der Waals surface area contributed by atoms with Gasteiger partial charge in [-0.1, -0.05) is 0 Å². The number of halogens is 2. The van der Waals surface area contributed by atoms with Crippen molar-refractivity contribution in [2.45, 2.75) is 12.5 Å². The van der Waals surface area contributed by atoms with Crippen molar-refractivity contribution < 1.29 is 8.78 Å². The molecule has 1 atom stereocenters. The summed E-state index contributed by atoms with van der Waals surface area (Å²) in [6.07, 6.45) is 2.02. The van der Waals surface area contributed by atoms with Crippen LogP contribution < -0.4 is 11.3 Å². The molecular formula is C12H14F2N4. The highest BCUT2D eigenvalue weighted by Gasteiger charge is 2.15. The molecule has 0 amide bonds. The Bertz CT molecular complexity index is 518. The quantitative estimate of drug-likeness (QED) is 0.639. The van der Waals surface area contributed by atoms with Gasteiger partial charge >= 0.3 is 0 Å². The highest BCUT2D eigenvalue weighted by molar-refractivity contribution is 5.21. The van der Waals surface area contributed by atoms with Crippen LogP contribution in [0.25, 0.3) is 0 Å². The molecule has 2 rings (SSSR count). The summed E-state index contributed by atoms with van der Waals surface area (Å²) in [7, 11) is 1.78. The highest BCUT2D eigenvalue weighted by Crippen LogP contribution is 2.18. The molecule has 3 N–H and O–H groups in total. The van der Waals surface area contributed by atoms with Gasteiger partial charge in [0.15, 0.2) is 0 Å².